The summed E-state index contributed by atoms with van der Waals surface area (Å²) in [5.41, 5.74) is 1.14. The number of benzene rings is 1. The molecule has 1 N–H and O–H groups in total. The zero-order chi connectivity index (χ0) is 14.0. The van der Waals surface area contributed by atoms with Crippen LogP contribution < -0.4 is 0 Å². The average Bonchev–Trinajstić information content (AvgIpc) is 3.02. The number of carbonyl (C=O) groups is 1. The Balaban J connectivity index is 1.82. The van der Waals surface area contributed by atoms with Crippen molar-refractivity contribution in [3.05, 3.63) is 53.9 Å². The Morgan fingerprint density at radius 3 is 2.85 bits per heavy atom. The molecule has 1 saturated heterocycles. The van der Waals surface area contributed by atoms with Crippen molar-refractivity contribution in [2.45, 2.75) is 12.5 Å². The number of aromatic nitrogens is 2. The van der Waals surface area contributed by atoms with E-state index in [4.69, 9.17) is 4.74 Å². The summed E-state index contributed by atoms with van der Waals surface area (Å²) in [6.07, 6.45) is 1.59. The number of morpholine rings is 1. The van der Waals surface area contributed by atoms with Crippen LogP contribution in [0.5, 0.6) is 0 Å². The lowest BCUT2D eigenvalue weighted by Gasteiger charge is -2.40. The smallest absolute Gasteiger partial charge is 0.272 e. The Kier molecular flexibility index (Phi) is 3.28. The largest absolute Gasteiger partial charge is 0.367 e. The summed E-state index contributed by atoms with van der Waals surface area (Å²) in [7, 11) is 0. The van der Waals surface area contributed by atoms with Gasteiger partial charge >= 0.3 is 0 Å². The molecule has 104 valence electrons. The van der Waals surface area contributed by atoms with E-state index >= 15 is 0 Å². The van der Waals surface area contributed by atoms with Crippen molar-refractivity contribution in [1.29, 1.82) is 0 Å². The summed E-state index contributed by atoms with van der Waals surface area (Å²) in [5, 5.41) is 6.55. The average molecular weight is 271 g/mol. The van der Waals surface area contributed by atoms with Crippen molar-refractivity contribution in [3.8, 4) is 0 Å². The van der Waals surface area contributed by atoms with Crippen LogP contribution in [0.25, 0.3) is 0 Å². The molecule has 1 unspecified atom stereocenters. The first-order chi connectivity index (χ1) is 9.69. The number of ether oxygens (including phenoxy) is 1. The van der Waals surface area contributed by atoms with Crippen LogP contribution in [0.2, 0.25) is 0 Å². The molecule has 5 nitrogen and oxygen atoms in total. The molecule has 1 aromatic heterocycles. The highest BCUT2D eigenvalue weighted by Crippen LogP contribution is 2.29. The molecule has 0 radical (unpaired) electrons. The molecular formula is C15H17N3O2. The Morgan fingerprint density at radius 1 is 1.35 bits per heavy atom. The van der Waals surface area contributed by atoms with Crippen molar-refractivity contribution in [1.82, 2.24) is 15.1 Å². The van der Waals surface area contributed by atoms with Gasteiger partial charge in [0, 0.05) is 12.7 Å². The van der Waals surface area contributed by atoms with E-state index in [-0.39, 0.29) is 5.91 Å². The Morgan fingerprint density at radius 2 is 2.15 bits per heavy atom. The van der Waals surface area contributed by atoms with Gasteiger partial charge in [0.05, 0.1) is 13.2 Å². The highest BCUT2D eigenvalue weighted by Gasteiger charge is 2.36. The van der Waals surface area contributed by atoms with Crippen LogP contribution in [0, 0.1) is 0 Å². The number of hydrogen-bond donors (Lipinski definition) is 1. The molecule has 1 aromatic carbocycles. The number of nitrogens with one attached hydrogen (secondary N) is 1. The fourth-order valence-electron chi connectivity index (χ4n) is 2.55. The second-order valence-corrected chi connectivity index (χ2v) is 5.14. The fourth-order valence-corrected chi connectivity index (χ4v) is 2.55. The van der Waals surface area contributed by atoms with Gasteiger partial charge in [0.25, 0.3) is 5.91 Å². The molecule has 2 aromatic rings. The number of H-pyrrole nitrogens is 1. The van der Waals surface area contributed by atoms with E-state index in [0.29, 0.717) is 25.4 Å². The van der Waals surface area contributed by atoms with Gasteiger partial charge in [-0.2, -0.15) is 5.10 Å². The van der Waals surface area contributed by atoms with Crippen molar-refractivity contribution >= 4 is 5.91 Å². The third kappa shape index (κ3) is 2.32. The normalized spacial score (nSPS) is 22.8. The summed E-state index contributed by atoms with van der Waals surface area (Å²) >= 11 is 0. The van der Waals surface area contributed by atoms with Gasteiger partial charge in [-0.3, -0.25) is 9.89 Å². The molecule has 0 bridgehead atoms. The molecule has 1 atom stereocenters. The minimum atomic E-state index is -0.463. The zero-order valence-electron chi connectivity index (χ0n) is 11.4. The number of hydrogen-bond acceptors (Lipinski definition) is 3. The maximum absolute atomic E-state index is 12.4. The van der Waals surface area contributed by atoms with E-state index in [9.17, 15) is 4.79 Å². The Hall–Kier alpha value is -2.14. The minimum Gasteiger partial charge on any atom is -0.367 e. The number of amides is 1. The van der Waals surface area contributed by atoms with Crippen LogP contribution in [0.3, 0.4) is 0 Å². The summed E-state index contributed by atoms with van der Waals surface area (Å²) in [5.74, 6) is -0.0343. The van der Waals surface area contributed by atoms with Crippen LogP contribution in [-0.2, 0) is 10.3 Å². The van der Waals surface area contributed by atoms with E-state index in [2.05, 4.69) is 10.2 Å². The highest BCUT2D eigenvalue weighted by molar-refractivity contribution is 5.92. The highest BCUT2D eigenvalue weighted by atomic mass is 16.5. The Bertz CT molecular complexity index is 582. The maximum Gasteiger partial charge on any atom is 0.272 e. The summed E-state index contributed by atoms with van der Waals surface area (Å²) in [4.78, 5) is 14.2. The van der Waals surface area contributed by atoms with Crippen LogP contribution in [0.15, 0.2) is 42.6 Å². The van der Waals surface area contributed by atoms with Gasteiger partial charge in [-0.15, -0.1) is 0 Å². The second kappa shape index (κ2) is 5.09. The molecule has 0 saturated carbocycles. The quantitative estimate of drug-likeness (QED) is 0.906. The second-order valence-electron chi connectivity index (χ2n) is 5.14. The third-order valence-corrected chi connectivity index (χ3v) is 3.68. The van der Waals surface area contributed by atoms with Crippen LogP contribution in [0.1, 0.15) is 23.0 Å². The van der Waals surface area contributed by atoms with Crippen molar-refractivity contribution in [2.24, 2.45) is 0 Å². The molecule has 1 fully saturated rings. The molecule has 0 spiro atoms. The van der Waals surface area contributed by atoms with Crippen LogP contribution in [0.4, 0.5) is 0 Å². The lowest BCUT2D eigenvalue weighted by molar-refractivity contribution is -0.0931. The van der Waals surface area contributed by atoms with Crippen LogP contribution in [-0.4, -0.2) is 40.7 Å². The summed E-state index contributed by atoms with van der Waals surface area (Å²) < 4.78 is 5.93. The van der Waals surface area contributed by atoms with Gasteiger partial charge in [0.15, 0.2) is 0 Å². The van der Waals surface area contributed by atoms with Gasteiger partial charge in [0.2, 0.25) is 0 Å². The first-order valence-electron chi connectivity index (χ1n) is 6.67. The van der Waals surface area contributed by atoms with Gasteiger partial charge in [0.1, 0.15) is 11.3 Å². The first-order valence-corrected chi connectivity index (χ1v) is 6.67. The van der Waals surface area contributed by atoms with E-state index in [1.807, 2.05) is 42.2 Å². The minimum absolute atomic E-state index is 0.0343. The van der Waals surface area contributed by atoms with Gasteiger partial charge in [-0.25, -0.2) is 0 Å². The van der Waals surface area contributed by atoms with E-state index < -0.39 is 5.60 Å². The molecular weight excluding hydrogens is 254 g/mol. The number of nitrogens with zero attached hydrogens (tertiary/aromatic N) is 2. The standard InChI is InChI=1S/C15H17N3O2/c1-15(12-5-3-2-4-6-12)11-18(9-10-20-15)14(19)13-7-8-16-17-13/h2-8H,9-11H2,1H3,(H,16,17). The SMILES string of the molecule is CC1(c2ccccc2)CN(C(=O)c2ccn[nH]2)CCO1. The predicted molar refractivity (Wildman–Crippen MR) is 74.2 cm³/mol. The molecule has 1 aliphatic heterocycles. The van der Waals surface area contributed by atoms with Gasteiger partial charge < -0.3 is 9.64 Å². The summed E-state index contributed by atoms with van der Waals surface area (Å²) in [6, 6.07) is 11.7. The fraction of sp³-hybridized carbons (Fsp3) is 0.333. The molecule has 3 rings (SSSR count). The van der Waals surface area contributed by atoms with E-state index in [0.717, 1.165) is 5.56 Å². The van der Waals surface area contributed by atoms with E-state index in [1.165, 1.54) is 0 Å². The molecule has 1 amide bonds. The maximum atomic E-state index is 12.4. The molecule has 0 aliphatic carbocycles. The lowest BCUT2D eigenvalue weighted by Crippen LogP contribution is -2.50. The van der Waals surface area contributed by atoms with Crippen molar-refractivity contribution < 1.29 is 9.53 Å². The van der Waals surface area contributed by atoms with Crippen LogP contribution >= 0.6 is 0 Å². The topological polar surface area (TPSA) is 58.2 Å². The molecule has 20 heavy (non-hydrogen) atoms. The van der Waals surface area contributed by atoms with Crippen molar-refractivity contribution in [2.75, 3.05) is 19.7 Å². The van der Waals surface area contributed by atoms with E-state index in [1.54, 1.807) is 12.3 Å². The monoisotopic (exact) mass is 271 g/mol. The van der Waals surface area contributed by atoms with Crippen molar-refractivity contribution in [3.63, 3.8) is 0 Å². The molecule has 5 heteroatoms. The molecule has 1 aliphatic rings. The summed E-state index contributed by atoms with van der Waals surface area (Å²) in [6.45, 7) is 3.69. The van der Waals surface area contributed by atoms with Gasteiger partial charge in [-0.1, -0.05) is 30.3 Å². The Labute approximate surface area is 117 Å². The first kappa shape index (κ1) is 12.9. The number of carbonyl (C=O) groups excluding carboxylic acids is 1. The number of aromatic amines is 1. The lowest BCUT2D eigenvalue weighted by atomic mass is 9.94. The third-order valence-electron chi connectivity index (χ3n) is 3.68. The zero-order valence-corrected chi connectivity index (χ0v) is 11.4. The molecule has 2 heterocycles. The number of rotatable bonds is 2. The van der Waals surface area contributed by atoms with Gasteiger partial charge in [-0.05, 0) is 18.6 Å². The predicted octanol–water partition coefficient (Wildman–Crippen LogP) is 1.80.